The number of Topliss-reactive ketones (excluding diaryl/α,β-unsaturated/α-hetero) is 1. The zero-order valence-corrected chi connectivity index (χ0v) is 28.6. The van der Waals surface area contributed by atoms with Gasteiger partial charge in [0.1, 0.15) is 17.7 Å². The van der Waals surface area contributed by atoms with E-state index in [1.807, 2.05) is 6.92 Å². The van der Waals surface area contributed by atoms with E-state index in [0.29, 0.717) is 13.0 Å². The van der Waals surface area contributed by atoms with Crippen LogP contribution in [0, 0.1) is 23.2 Å². The second kappa shape index (κ2) is 14.1. The molecule has 45 heavy (non-hydrogen) atoms. The number of ketones is 1. The van der Waals surface area contributed by atoms with Crippen molar-refractivity contribution in [3.8, 4) is 0 Å². The van der Waals surface area contributed by atoms with Gasteiger partial charge in [0.2, 0.25) is 23.5 Å². The topological polar surface area (TPSA) is 163 Å². The van der Waals surface area contributed by atoms with Crippen LogP contribution in [-0.2, 0) is 28.7 Å². The van der Waals surface area contributed by atoms with Crippen LogP contribution in [0.15, 0.2) is 0 Å². The summed E-state index contributed by atoms with van der Waals surface area (Å²) in [6.45, 7) is 16.6. The fraction of sp³-hybridized carbons (Fsp3) is 0.818. The lowest BCUT2D eigenvalue weighted by Gasteiger charge is -2.37. The zero-order chi connectivity index (χ0) is 33.9. The minimum Gasteiger partial charge on any atom is -0.444 e. The molecule has 0 bridgehead atoms. The van der Waals surface area contributed by atoms with Gasteiger partial charge in [-0.25, -0.2) is 4.79 Å². The van der Waals surface area contributed by atoms with Gasteiger partial charge >= 0.3 is 6.09 Å². The zero-order valence-electron chi connectivity index (χ0n) is 28.6. The highest BCUT2D eigenvalue weighted by molar-refractivity contribution is 6.38. The van der Waals surface area contributed by atoms with Gasteiger partial charge in [-0.3, -0.25) is 24.0 Å². The number of rotatable bonds is 11. The number of likely N-dealkylation sites (tertiary alicyclic amines) is 1. The summed E-state index contributed by atoms with van der Waals surface area (Å²) >= 11 is 0. The Labute approximate surface area is 267 Å². The molecular formula is C33H55N5O7. The number of hydrogen-bond acceptors (Lipinski definition) is 7. The lowest BCUT2D eigenvalue weighted by atomic mass is 9.83. The molecule has 12 heteroatoms. The highest BCUT2D eigenvalue weighted by atomic mass is 16.6. The molecule has 5 unspecified atom stereocenters. The van der Waals surface area contributed by atoms with Crippen LogP contribution in [0.4, 0.5) is 4.79 Å². The van der Waals surface area contributed by atoms with E-state index in [1.54, 1.807) is 46.4 Å². The van der Waals surface area contributed by atoms with Crippen LogP contribution in [-0.4, -0.2) is 82.8 Å². The Morgan fingerprint density at radius 1 is 0.933 bits per heavy atom. The standard InChI is InChI=1S/C33H55N5O7/c1-10-14-21(26(40)28(42)34-17-22(39)37-31(2,3)4)35-27(41)25-23-20(33(23,8)9)18-38(25)29(43)24(19-15-12-11-13-16-19)36-30(44)45-32(5,6)7/h19-21,23-25H,10-18H2,1-9H3,(H,34,42)(H,35,41)(H,36,44)(H,37,39). The Morgan fingerprint density at radius 2 is 1.56 bits per heavy atom. The maximum atomic E-state index is 14.2. The first-order valence-electron chi connectivity index (χ1n) is 16.5. The van der Waals surface area contributed by atoms with Crippen LogP contribution in [0.2, 0.25) is 0 Å². The predicted molar refractivity (Wildman–Crippen MR) is 169 cm³/mol. The summed E-state index contributed by atoms with van der Waals surface area (Å²) in [5, 5.41) is 10.7. The van der Waals surface area contributed by atoms with Gasteiger partial charge in [0.25, 0.3) is 5.91 Å². The number of carbonyl (C=O) groups excluding carboxylic acids is 6. The first-order valence-corrected chi connectivity index (χ1v) is 16.5. The van der Waals surface area contributed by atoms with Crippen molar-refractivity contribution >= 4 is 35.5 Å². The van der Waals surface area contributed by atoms with E-state index in [1.165, 1.54) is 0 Å². The summed E-state index contributed by atoms with van der Waals surface area (Å²) in [6, 6.07) is -2.80. The minimum absolute atomic E-state index is 0.0824. The fourth-order valence-corrected chi connectivity index (χ4v) is 6.96. The van der Waals surface area contributed by atoms with Gasteiger partial charge in [0.15, 0.2) is 0 Å². The van der Waals surface area contributed by atoms with Crippen LogP contribution >= 0.6 is 0 Å². The van der Waals surface area contributed by atoms with Gasteiger partial charge < -0.3 is 30.9 Å². The van der Waals surface area contributed by atoms with Crippen molar-refractivity contribution in [3.05, 3.63) is 0 Å². The first-order chi connectivity index (χ1) is 20.8. The first kappa shape index (κ1) is 36.3. The van der Waals surface area contributed by atoms with Gasteiger partial charge in [-0.2, -0.15) is 0 Å². The van der Waals surface area contributed by atoms with Gasteiger partial charge in [-0.05, 0) is 84.0 Å². The van der Waals surface area contributed by atoms with Crippen molar-refractivity contribution in [1.29, 1.82) is 0 Å². The van der Waals surface area contributed by atoms with E-state index in [4.69, 9.17) is 4.74 Å². The van der Waals surface area contributed by atoms with Crippen LogP contribution in [0.1, 0.15) is 107 Å². The molecule has 0 aromatic heterocycles. The molecule has 3 rings (SSSR count). The lowest BCUT2D eigenvalue weighted by Crippen LogP contribution is -2.60. The van der Waals surface area contributed by atoms with Gasteiger partial charge in [-0.1, -0.05) is 46.5 Å². The van der Waals surface area contributed by atoms with Crippen LogP contribution in [0.5, 0.6) is 0 Å². The van der Waals surface area contributed by atoms with Crippen molar-refractivity contribution < 1.29 is 33.5 Å². The second-order valence-electron chi connectivity index (χ2n) is 15.6. The number of carbonyl (C=O) groups is 6. The molecule has 5 amide bonds. The molecule has 0 aromatic carbocycles. The minimum atomic E-state index is -1.11. The van der Waals surface area contributed by atoms with E-state index in [-0.39, 0.29) is 42.0 Å². The Morgan fingerprint density at radius 3 is 2.11 bits per heavy atom. The normalized spacial score (nSPS) is 24.0. The van der Waals surface area contributed by atoms with Crippen molar-refractivity contribution in [3.63, 3.8) is 0 Å². The molecule has 2 aliphatic carbocycles. The molecule has 3 fully saturated rings. The Hall–Kier alpha value is -3.18. The summed E-state index contributed by atoms with van der Waals surface area (Å²) in [4.78, 5) is 80.7. The Balaban J connectivity index is 1.78. The summed E-state index contributed by atoms with van der Waals surface area (Å²) in [6.07, 6.45) is 4.60. The molecule has 4 N–H and O–H groups in total. The molecule has 1 aliphatic heterocycles. The number of amides is 5. The maximum Gasteiger partial charge on any atom is 0.408 e. The number of nitrogens with one attached hydrogen (secondary N) is 4. The van der Waals surface area contributed by atoms with Gasteiger partial charge in [0.05, 0.1) is 12.6 Å². The Kier molecular flexibility index (Phi) is 11.3. The number of hydrogen-bond donors (Lipinski definition) is 4. The van der Waals surface area contributed by atoms with E-state index in [9.17, 15) is 28.8 Å². The number of piperidine rings is 1. The Bertz CT molecular complexity index is 1150. The van der Waals surface area contributed by atoms with Crippen molar-refractivity contribution in [1.82, 2.24) is 26.2 Å². The quantitative estimate of drug-likeness (QED) is 0.254. The average Bonchev–Trinajstić information content (AvgIpc) is 3.24. The molecule has 0 spiro atoms. The van der Waals surface area contributed by atoms with Crippen molar-refractivity contribution in [2.75, 3.05) is 13.1 Å². The molecule has 254 valence electrons. The molecular weight excluding hydrogens is 578 g/mol. The van der Waals surface area contributed by atoms with E-state index in [2.05, 4.69) is 35.1 Å². The smallest absolute Gasteiger partial charge is 0.408 e. The summed E-state index contributed by atoms with van der Waals surface area (Å²) in [5.41, 5.74) is -1.42. The number of ether oxygens (including phenoxy) is 1. The summed E-state index contributed by atoms with van der Waals surface area (Å²) in [7, 11) is 0. The lowest BCUT2D eigenvalue weighted by molar-refractivity contribution is -0.145. The molecule has 2 saturated carbocycles. The highest BCUT2D eigenvalue weighted by Gasteiger charge is 2.69. The predicted octanol–water partition coefficient (Wildman–Crippen LogP) is 2.83. The van der Waals surface area contributed by atoms with Crippen LogP contribution < -0.4 is 21.3 Å². The molecule has 1 saturated heterocycles. The van der Waals surface area contributed by atoms with Gasteiger partial charge in [0, 0.05) is 12.1 Å². The molecule has 1 heterocycles. The second-order valence-corrected chi connectivity index (χ2v) is 15.6. The van der Waals surface area contributed by atoms with Crippen molar-refractivity contribution in [2.24, 2.45) is 23.2 Å². The SMILES string of the molecule is CCCC(NC(=O)C1C2C(CN1C(=O)C(NC(=O)OC(C)(C)C)C1CCCCC1)C2(C)C)C(=O)C(=O)NCC(=O)NC(C)(C)C. The molecule has 0 aromatic rings. The largest absolute Gasteiger partial charge is 0.444 e. The third-order valence-electron chi connectivity index (χ3n) is 9.18. The average molecular weight is 634 g/mol. The number of fused-ring (bicyclic) bond motifs is 1. The monoisotopic (exact) mass is 633 g/mol. The van der Waals surface area contributed by atoms with E-state index < -0.39 is 58.9 Å². The third kappa shape index (κ3) is 9.42. The third-order valence-corrected chi connectivity index (χ3v) is 9.18. The van der Waals surface area contributed by atoms with Crippen LogP contribution in [0.3, 0.4) is 0 Å². The molecule has 5 atom stereocenters. The number of alkyl carbamates (subject to hydrolysis) is 1. The fourth-order valence-electron chi connectivity index (χ4n) is 6.96. The molecule has 12 nitrogen and oxygen atoms in total. The van der Waals surface area contributed by atoms with Crippen molar-refractivity contribution in [2.45, 2.75) is 137 Å². The molecule has 3 aliphatic rings. The molecule has 0 radical (unpaired) electrons. The summed E-state index contributed by atoms with van der Waals surface area (Å²) in [5.74, 6) is -3.17. The van der Waals surface area contributed by atoms with Gasteiger partial charge in [-0.15, -0.1) is 0 Å². The van der Waals surface area contributed by atoms with Crippen LogP contribution in [0.25, 0.3) is 0 Å². The van der Waals surface area contributed by atoms with E-state index >= 15 is 0 Å². The highest BCUT2D eigenvalue weighted by Crippen LogP contribution is 2.65. The summed E-state index contributed by atoms with van der Waals surface area (Å²) < 4.78 is 5.50. The number of nitrogens with zero attached hydrogens (tertiary/aromatic N) is 1. The maximum absolute atomic E-state index is 14.2. The van der Waals surface area contributed by atoms with E-state index in [0.717, 1.165) is 32.1 Å².